The third-order valence-corrected chi connectivity index (χ3v) is 4.03. The highest BCUT2D eigenvalue weighted by molar-refractivity contribution is 5.93. The van der Waals surface area contributed by atoms with E-state index in [0.717, 1.165) is 25.7 Å². The van der Waals surface area contributed by atoms with Gasteiger partial charge in [-0.2, -0.15) is 5.10 Å². The summed E-state index contributed by atoms with van der Waals surface area (Å²) in [7, 11) is 1.49. The quantitative estimate of drug-likeness (QED) is 0.783. The zero-order chi connectivity index (χ0) is 20.0. The molecule has 1 heterocycles. The second-order valence-electron chi connectivity index (χ2n) is 7.86. The van der Waals surface area contributed by atoms with E-state index >= 15 is 0 Å². The largest absolute Gasteiger partial charge is 0.444 e. The number of anilines is 1. The first-order chi connectivity index (χ1) is 12.6. The van der Waals surface area contributed by atoms with Gasteiger partial charge < -0.3 is 20.3 Å². The van der Waals surface area contributed by atoms with Crippen LogP contribution in [0.15, 0.2) is 12.4 Å². The second kappa shape index (κ2) is 8.88. The van der Waals surface area contributed by atoms with Crippen LogP contribution in [-0.2, 0) is 20.9 Å². The van der Waals surface area contributed by atoms with Crippen LogP contribution in [0.25, 0.3) is 0 Å². The fourth-order valence-corrected chi connectivity index (χ4v) is 2.83. The minimum atomic E-state index is -0.623. The number of hydrogen-bond donors (Lipinski definition) is 2. The van der Waals surface area contributed by atoms with Gasteiger partial charge in [-0.1, -0.05) is 12.8 Å². The first kappa shape index (κ1) is 20.7. The average molecular weight is 379 g/mol. The molecule has 0 aromatic carbocycles. The third-order valence-electron chi connectivity index (χ3n) is 4.03. The van der Waals surface area contributed by atoms with Crippen molar-refractivity contribution in [1.82, 2.24) is 20.0 Å². The Balaban J connectivity index is 1.77. The van der Waals surface area contributed by atoms with Gasteiger partial charge in [0.25, 0.3) is 0 Å². The van der Waals surface area contributed by atoms with Crippen molar-refractivity contribution in [2.24, 2.45) is 0 Å². The molecule has 9 nitrogen and oxygen atoms in total. The molecule has 1 aromatic heterocycles. The summed E-state index contributed by atoms with van der Waals surface area (Å²) in [5.41, 5.74) is -0.159. The highest BCUT2D eigenvalue weighted by Crippen LogP contribution is 2.17. The van der Waals surface area contributed by atoms with Crippen molar-refractivity contribution in [3.05, 3.63) is 12.4 Å². The predicted octanol–water partition coefficient (Wildman–Crippen LogP) is 1.75. The van der Waals surface area contributed by atoms with Crippen LogP contribution < -0.4 is 10.6 Å². The number of nitrogens with one attached hydrogen (secondary N) is 2. The predicted molar refractivity (Wildman–Crippen MR) is 100 cm³/mol. The normalized spacial score (nSPS) is 14.7. The Morgan fingerprint density at radius 1 is 1.26 bits per heavy atom. The number of ether oxygens (including phenoxy) is 1. The number of nitrogens with zero attached hydrogens (tertiary/aromatic N) is 3. The van der Waals surface area contributed by atoms with E-state index in [1.165, 1.54) is 22.8 Å². The molecule has 2 rings (SSSR count). The molecule has 1 aliphatic carbocycles. The smallest absolute Gasteiger partial charge is 0.410 e. The molecule has 0 saturated heterocycles. The summed E-state index contributed by atoms with van der Waals surface area (Å²) in [5, 5.41) is 9.73. The fourth-order valence-electron chi connectivity index (χ4n) is 2.83. The van der Waals surface area contributed by atoms with Crippen LogP contribution in [0.5, 0.6) is 0 Å². The molecule has 27 heavy (non-hydrogen) atoms. The van der Waals surface area contributed by atoms with Gasteiger partial charge in [0.2, 0.25) is 11.8 Å². The van der Waals surface area contributed by atoms with Gasteiger partial charge in [-0.15, -0.1) is 0 Å². The molecule has 150 valence electrons. The summed E-state index contributed by atoms with van der Waals surface area (Å²) in [5.74, 6) is -0.467. The topological polar surface area (TPSA) is 106 Å². The maximum absolute atomic E-state index is 12.1. The molecular weight excluding hydrogens is 350 g/mol. The minimum Gasteiger partial charge on any atom is -0.444 e. The standard InChI is InChI=1S/C18H29N5O4/c1-18(2,3)27-17(26)22(4)11-15(24)21-14-9-19-23(10-14)12-16(25)20-13-7-5-6-8-13/h9-10,13H,5-8,11-12H2,1-4H3,(H,20,25)(H,21,24). The maximum Gasteiger partial charge on any atom is 0.410 e. The molecule has 0 unspecified atom stereocenters. The Bertz CT molecular complexity index is 674. The summed E-state index contributed by atoms with van der Waals surface area (Å²) in [6, 6.07) is 0.260. The lowest BCUT2D eigenvalue weighted by atomic mass is 10.2. The Hall–Kier alpha value is -2.58. The van der Waals surface area contributed by atoms with E-state index < -0.39 is 11.7 Å². The van der Waals surface area contributed by atoms with Gasteiger partial charge in [0.05, 0.1) is 11.9 Å². The van der Waals surface area contributed by atoms with Crippen LogP contribution in [0.4, 0.5) is 10.5 Å². The lowest BCUT2D eigenvalue weighted by molar-refractivity contribution is -0.122. The molecule has 1 aromatic rings. The van der Waals surface area contributed by atoms with Crippen molar-refractivity contribution in [2.75, 3.05) is 18.9 Å². The van der Waals surface area contributed by atoms with Gasteiger partial charge in [0, 0.05) is 19.3 Å². The van der Waals surface area contributed by atoms with E-state index in [1.807, 2.05) is 0 Å². The zero-order valence-corrected chi connectivity index (χ0v) is 16.4. The SMILES string of the molecule is CN(CC(=O)Nc1cnn(CC(=O)NC2CCCC2)c1)C(=O)OC(C)(C)C. The van der Waals surface area contributed by atoms with Crippen LogP contribution in [-0.4, -0.2) is 57.8 Å². The highest BCUT2D eigenvalue weighted by Gasteiger charge is 2.21. The van der Waals surface area contributed by atoms with E-state index in [0.29, 0.717) is 5.69 Å². The van der Waals surface area contributed by atoms with E-state index in [-0.39, 0.29) is 30.9 Å². The first-order valence-electron chi connectivity index (χ1n) is 9.18. The van der Waals surface area contributed by atoms with Crippen LogP contribution in [0.3, 0.4) is 0 Å². The Morgan fingerprint density at radius 3 is 2.56 bits per heavy atom. The lowest BCUT2D eigenvalue weighted by Gasteiger charge is -2.24. The molecule has 0 atom stereocenters. The van der Waals surface area contributed by atoms with Crippen molar-refractivity contribution in [2.45, 2.75) is 64.6 Å². The summed E-state index contributed by atoms with van der Waals surface area (Å²) < 4.78 is 6.67. The van der Waals surface area contributed by atoms with Crippen LogP contribution in [0.2, 0.25) is 0 Å². The van der Waals surface area contributed by atoms with Crippen LogP contribution in [0.1, 0.15) is 46.5 Å². The number of carbonyl (C=O) groups is 3. The Morgan fingerprint density at radius 2 is 1.93 bits per heavy atom. The summed E-state index contributed by atoms with van der Waals surface area (Å²) in [6.45, 7) is 5.23. The van der Waals surface area contributed by atoms with E-state index in [4.69, 9.17) is 4.74 Å². The van der Waals surface area contributed by atoms with Crippen molar-refractivity contribution >= 4 is 23.6 Å². The number of hydrogen-bond acceptors (Lipinski definition) is 5. The van der Waals surface area contributed by atoms with Crippen molar-refractivity contribution in [3.63, 3.8) is 0 Å². The van der Waals surface area contributed by atoms with E-state index in [9.17, 15) is 14.4 Å². The number of carbonyl (C=O) groups excluding carboxylic acids is 3. The summed E-state index contributed by atoms with van der Waals surface area (Å²) in [4.78, 5) is 37.2. The molecular formula is C18H29N5O4. The van der Waals surface area contributed by atoms with Crippen molar-refractivity contribution in [1.29, 1.82) is 0 Å². The average Bonchev–Trinajstić information content (AvgIpc) is 3.17. The van der Waals surface area contributed by atoms with E-state index in [2.05, 4.69) is 15.7 Å². The second-order valence-corrected chi connectivity index (χ2v) is 7.86. The zero-order valence-electron chi connectivity index (χ0n) is 16.4. The highest BCUT2D eigenvalue weighted by atomic mass is 16.6. The number of amides is 3. The maximum atomic E-state index is 12.1. The molecule has 9 heteroatoms. The van der Waals surface area contributed by atoms with Gasteiger partial charge >= 0.3 is 6.09 Å². The fraction of sp³-hybridized carbons (Fsp3) is 0.667. The van der Waals surface area contributed by atoms with E-state index in [1.54, 1.807) is 27.0 Å². The molecule has 0 spiro atoms. The summed E-state index contributed by atoms with van der Waals surface area (Å²) >= 11 is 0. The molecule has 0 aliphatic heterocycles. The number of aromatic nitrogens is 2. The molecule has 1 aliphatic rings. The molecule has 1 saturated carbocycles. The van der Waals surface area contributed by atoms with Crippen LogP contribution in [0, 0.1) is 0 Å². The monoisotopic (exact) mass is 379 g/mol. The molecule has 0 radical (unpaired) electrons. The third kappa shape index (κ3) is 7.28. The van der Waals surface area contributed by atoms with Gasteiger partial charge in [-0.05, 0) is 33.6 Å². The number of rotatable bonds is 6. The van der Waals surface area contributed by atoms with Crippen LogP contribution >= 0.6 is 0 Å². The van der Waals surface area contributed by atoms with Gasteiger partial charge in [0.1, 0.15) is 18.7 Å². The van der Waals surface area contributed by atoms with Gasteiger partial charge in [-0.25, -0.2) is 4.79 Å². The van der Waals surface area contributed by atoms with Gasteiger partial charge in [0.15, 0.2) is 0 Å². The van der Waals surface area contributed by atoms with Crippen molar-refractivity contribution < 1.29 is 19.1 Å². The lowest BCUT2D eigenvalue weighted by Crippen LogP contribution is -2.38. The molecule has 2 N–H and O–H groups in total. The number of likely N-dealkylation sites (N-methyl/N-ethyl adjacent to an activating group) is 1. The van der Waals surface area contributed by atoms with Gasteiger partial charge in [-0.3, -0.25) is 14.3 Å². The minimum absolute atomic E-state index is 0.0902. The van der Waals surface area contributed by atoms with Crippen molar-refractivity contribution in [3.8, 4) is 0 Å². The Kier molecular flexibility index (Phi) is 6.81. The Labute approximate surface area is 159 Å². The molecule has 1 fully saturated rings. The molecule has 0 bridgehead atoms. The molecule has 3 amide bonds. The summed E-state index contributed by atoms with van der Waals surface area (Å²) in [6.07, 6.45) is 6.83. The first-order valence-corrected chi connectivity index (χ1v) is 9.18.